The highest BCUT2D eigenvalue weighted by atomic mass is 32.2. The van der Waals surface area contributed by atoms with Crippen molar-refractivity contribution in [2.45, 2.75) is 34.2 Å². The van der Waals surface area contributed by atoms with Crippen LogP contribution in [0.5, 0.6) is 0 Å². The number of amides is 2. The minimum absolute atomic E-state index is 0.129. The Bertz CT molecular complexity index is 1200. The Morgan fingerprint density at radius 2 is 1.58 bits per heavy atom. The fourth-order valence-electron chi connectivity index (χ4n) is 3.96. The summed E-state index contributed by atoms with van der Waals surface area (Å²) in [5, 5.41) is -0.316. The Balaban J connectivity index is 1.64. The van der Waals surface area contributed by atoms with Gasteiger partial charge in [0.05, 0.1) is 11.4 Å². The van der Waals surface area contributed by atoms with Crippen molar-refractivity contribution in [2.24, 2.45) is 0 Å². The van der Waals surface area contributed by atoms with E-state index in [9.17, 15) is 14.0 Å². The van der Waals surface area contributed by atoms with Gasteiger partial charge in [0.2, 0.25) is 0 Å². The van der Waals surface area contributed by atoms with Crippen LogP contribution in [0.15, 0.2) is 53.4 Å². The molecule has 1 aromatic heterocycles. The molecule has 0 spiro atoms. The van der Waals surface area contributed by atoms with E-state index < -0.39 is 0 Å². The lowest BCUT2D eigenvalue weighted by molar-refractivity contribution is -0.123. The molecule has 6 heteroatoms. The van der Waals surface area contributed by atoms with Crippen LogP contribution in [-0.2, 0) is 11.3 Å². The molecule has 0 bridgehead atoms. The molecule has 0 radical (unpaired) electrons. The van der Waals surface area contributed by atoms with Crippen LogP contribution in [-0.4, -0.2) is 20.6 Å². The molecule has 1 saturated heterocycles. The normalized spacial score (nSPS) is 15.4. The van der Waals surface area contributed by atoms with Gasteiger partial charge in [-0.1, -0.05) is 18.2 Å². The highest BCUT2D eigenvalue weighted by Gasteiger charge is 2.35. The fraction of sp³-hybridized carbons (Fsp3) is 0.200. The van der Waals surface area contributed by atoms with Crippen molar-refractivity contribution in [3.05, 3.63) is 92.9 Å². The van der Waals surface area contributed by atoms with Gasteiger partial charge in [-0.3, -0.25) is 14.5 Å². The number of thioether (sulfide) groups is 1. The van der Waals surface area contributed by atoms with E-state index in [4.69, 9.17) is 0 Å². The zero-order valence-electron chi connectivity index (χ0n) is 17.9. The number of hydrogen-bond acceptors (Lipinski definition) is 3. The average molecular weight is 435 g/mol. The van der Waals surface area contributed by atoms with Crippen LogP contribution in [0.25, 0.3) is 11.8 Å². The van der Waals surface area contributed by atoms with E-state index in [-0.39, 0.29) is 23.5 Å². The predicted molar refractivity (Wildman–Crippen MR) is 123 cm³/mol. The van der Waals surface area contributed by atoms with E-state index in [1.165, 1.54) is 28.2 Å². The molecule has 3 aromatic rings. The molecular formula is C25H23FN2O2S. The SMILES string of the molecule is Cc1cc(C)cc(-n2c(C)cc(C=C3SC(=O)N(Cc4ccc(F)cc4)C3=O)c2C)c1. The van der Waals surface area contributed by atoms with Crippen molar-refractivity contribution in [1.82, 2.24) is 9.47 Å². The second-order valence-corrected chi connectivity index (χ2v) is 8.90. The minimum Gasteiger partial charge on any atom is -0.318 e. The smallest absolute Gasteiger partial charge is 0.293 e. The molecule has 31 heavy (non-hydrogen) atoms. The molecule has 4 rings (SSSR count). The number of aryl methyl sites for hydroxylation is 3. The second kappa shape index (κ2) is 8.19. The molecule has 0 N–H and O–H groups in total. The topological polar surface area (TPSA) is 42.3 Å². The van der Waals surface area contributed by atoms with Gasteiger partial charge in [0, 0.05) is 17.1 Å². The summed E-state index contributed by atoms with van der Waals surface area (Å²) in [6.07, 6.45) is 1.79. The number of aromatic nitrogens is 1. The number of nitrogens with zero attached hydrogens (tertiary/aromatic N) is 2. The maximum absolute atomic E-state index is 13.1. The summed E-state index contributed by atoms with van der Waals surface area (Å²) in [6, 6.07) is 14.2. The molecule has 0 unspecified atom stereocenters. The Labute approximate surface area is 185 Å². The van der Waals surface area contributed by atoms with E-state index >= 15 is 0 Å². The van der Waals surface area contributed by atoms with E-state index in [1.54, 1.807) is 18.2 Å². The van der Waals surface area contributed by atoms with E-state index in [2.05, 4.69) is 36.6 Å². The number of rotatable bonds is 4. The number of halogens is 1. The summed E-state index contributed by atoms with van der Waals surface area (Å²) in [7, 11) is 0. The summed E-state index contributed by atoms with van der Waals surface area (Å²) in [4.78, 5) is 26.9. The minimum atomic E-state index is -0.350. The van der Waals surface area contributed by atoms with Crippen LogP contribution in [0.4, 0.5) is 9.18 Å². The van der Waals surface area contributed by atoms with Crippen LogP contribution >= 0.6 is 11.8 Å². The van der Waals surface area contributed by atoms with E-state index in [0.717, 1.165) is 34.4 Å². The van der Waals surface area contributed by atoms with Crippen LogP contribution in [0.1, 0.15) is 33.6 Å². The molecule has 0 atom stereocenters. The molecule has 0 aliphatic carbocycles. The summed E-state index contributed by atoms with van der Waals surface area (Å²) in [5.74, 6) is -0.674. The first-order chi connectivity index (χ1) is 14.7. The quantitative estimate of drug-likeness (QED) is 0.467. The summed E-state index contributed by atoms with van der Waals surface area (Å²) < 4.78 is 15.3. The Morgan fingerprint density at radius 1 is 0.935 bits per heavy atom. The second-order valence-electron chi connectivity index (χ2n) is 7.90. The van der Waals surface area contributed by atoms with Crippen molar-refractivity contribution < 1.29 is 14.0 Å². The first-order valence-electron chi connectivity index (χ1n) is 10.0. The molecule has 2 amide bonds. The molecule has 1 aliphatic heterocycles. The van der Waals surface area contributed by atoms with Gasteiger partial charge < -0.3 is 4.57 Å². The number of hydrogen-bond donors (Lipinski definition) is 0. The lowest BCUT2D eigenvalue weighted by Gasteiger charge is -2.12. The van der Waals surface area contributed by atoms with Crippen molar-refractivity contribution >= 4 is 29.0 Å². The summed E-state index contributed by atoms with van der Waals surface area (Å²) in [5.41, 5.74) is 7.13. The van der Waals surface area contributed by atoms with Crippen molar-refractivity contribution in [3.8, 4) is 5.69 Å². The number of carbonyl (C=O) groups is 2. The van der Waals surface area contributed by atoms with Crippen LogP contribution < -0.4 is 0 Å². The number of imide groups is 1. The summed E-state index contributed by atoms with van der Waals surface area (Å²) >= 11 is 0.939. The van der Waals surface area contributed by atoms with Gasteiger partial charge in [0.15, 0.2) is 0 Å². The lowest BCUT2D eigenvalue weighted by atomic mass is 10.1. The molecule has 0 saturated carbocycles. The van der Waals surface area contributed by atoms with Crippen molar-refractivity contribution in [2.75, 3.05) is 0 Å². The number of benzene rings is 2. The number of carbonyl (C=O) groups excluding carboxylic acids is 2. The van der Waals surface area contributed by atoms with Gasteiger partial charge in [0.25, 0.3) is 11.1 Å². The third-order valence-corrected chi connectivity index (χ3v) is 6.26. The first-order valence-corrected chi connectivity index (χ1v) is 10.8. The van der Waals surface area contributed by atoms with Crippen molar-refractivity contribution in [3.63, 3.8) is 0 Å². The summed E-state index contributed by atoms with van der Waals surface area (Å²) in [6.45, 7) is 8.32. The Hall–Kier alpha value is -3.12. The van der Waals surface area contributed by atoms with Gasteiger partial charge in [0.1, 0.15) is 5.82 Å². The lowest BCUT2D eigenvalue weighted by Crippen LogP contribution is -2.27. The maximum atomic E-state index is 13.1. The molecule has 2 aromatic carbocycles. The molecule has 158 valence electrons. The highest BCUT2D eigenvalue weighted by Crippen LogP contribution is 2.34. The zero-order chi connectivity index (χ0) is 22.3. The van der Waals surface area contributed by atoms with Crippen LogP contribution in [0.2, 0.25) is 0 Å². The third kappa shape index (κ3) is 4.21. The van der Waals surface area contributed by atoms with Gasteiger partial charge >= 0.3 is 0 Å². The Morgan fingerprint density at radius 3 is 2.23 bits per heavy atom. The highest BCUT2D eigenvalue weighted by molar-refractivity contribution is 8.18. The average Bonchev–Trinajstić information content (AvgIpc) is 3.12. The molecule has 1 fully saturated rings. The predicted octanol–water partition coefficient (Wildman–Crippen LogP) is 6.09. The van der Waals surface area contributed by atoms with E-state index in [0.29, 0.717) is 10.5 Å². The van der Waals surface area contributed by atoms with Gasteiger partial charge in [-0.05, 0) is 98.1 Å². The molecule has 1 aliphatic rings. The van der Waals surface area contributed by atoms with E-state index in [1.807, 2.05) is 19.9 Å². The largest absolute Gasteiger partial charge is 0.318 e. The Kier molecular flexibility index (Phi) is 5.58. The standard InChI is InChI=1S/C25H23FN2O2S/c1-15-9-16(2)11-22(10-15)28-17(3)12-20(18(28)4)13-23-24(29)27(25(30)31-23)14-19-5-7-21(26)8-6-19/h5-13H,14H2,1-4H3. The molecule has 2 heterocycles. The first kappa shape index (κ1) is 21.1. The zero-order valence-corrected chi connectivity index (χ0v) is 18.7. The molecule has 4 nitrogen and oxygen atoms in total. The van der Waals surface area contributed by atoms with Crippen LogP contribution in [0.3, 0.4) is 0 Å². The third-order valence-electron chi connectivity index (χ3n) is 5.35. The molecular weight excluding hydrogens is 411 g/mol. The maximum Gasteiger partial charge on any atom is 0.293 e. The monoisotopic (exact) mass is 434 g/mol. The van der Waals surface area contributed by atoms with Gasteiger partial charge in [-0.15, -0.1) is 0 Å². The van der Waals surface area contributed by atoms with Gasteiger partial charge in [-0.2, -0.15) is 0 Å². The van der Waals surface area contributed by atoms with Crippen molar-refractivity contribution in [1.29, 1.82) is 0 Å². The van der Waals surface area contributed by atoms with Gasteiger partial charge in [-0.25, -0.2) is 4.39 Å². The fourth-order valence-corrected chi connectivity index (χ4v) is 4.79. The van der Waals surface area contributed by atoms with Crippen LogP contribution in [0, 0.1) is 33.5 Å².